The van der Waals surface area contributed by atoms with Crippen LogP contribution in [0.5, 0.6) is 11.5 Å². The quantitative estimate of drug-likeness (QED) is 0.781. The van der Waals surface area contributed by atoms with Crippen LogP contribution >= 0.6 is 31.9 Å². The maximum Gasteiger partial charge on any atom is 0.141 e. The Bertz CT molecular complexity index is 600. The minimum Gasteiger partial charge on any atom is -0.456 e. The van der Waals surface area contributed by atoms with Crippen LogP contribution < -0.4 is 4.74 Å². The Balaban J connectivity index is 2.41. The number of halogens is 3. The minimum absolute atomic E-state index is 0.150. The predicted molar refractivity (Wildman–Crippen MR) is 78.9 cm³/mol. The molecule has 0 aliphatic rings. The maximum atomic E-state index is 13.7. The van der Waals surface area contributed by atoms with E-state index in [1.807, 2.05) is 12.1 Å². The van der Waals surface area contributed by atoms with Crippen LogP contribution in [-0.4, -0.2) is 5.11 Å². The van der Waals surface area contributed by atoms with Gasteiger partial charge in [-0.25, -0.2) is 4.39 Å². The third-order valence-electron chi connectivity index (χ3n) is 2.54. The summed E-state index contributed by atoms with van der Waals surface area (Å²) in [5.74, 6) is 0.370. The number of hydrogen-bond donors (Lipinski definition) is 1. The van der Waals surface area contributed by atoms with Crippen molar-refractivity contribution in [1.82, 2.24) is 0 Å². The highest BCUT2D eigenvalue weighted by Gasteiger charge is 2.16. The molecule has 2 nitrogen and oxygen atoms in total. The molecule has 5 heteroatoms. The molecule has 100 valence electrons. The molecule has 0 aromatic heterocycles. The molecule has 0 fully saturated rings. The second-order valence-electron chi connectivity index (χ2n) is 4.00. The summed E-state index contributed by atoms with van der Waals surface area (Å²) >= 11 is 6.72. The lowest BCUT2D eigenvalue weighted by Gasteiger charge is -2.14. The maximum absolute atomic E-state index is 13.7. The zero-order valence-corrected chi connectivity index (χ0v) is 13.2. The fraction of sp³-hybridized carbons (Fsp3) is 0.143. The van der Waals surface area contributed by atoms with E-state index in [1.165, 1.54) is 13.0 Å². The van der Waals surface area contributed by atoms with E-state index in [1.54, 1.807) is 18.2 Å². The Morgan fingerprint density at radius 2 is 1.89 bits per heavy atom. The Kier molecular flexibility index (Phi) is 4.60. The third-order valence-corrected chi connectivity index (χ3v) is 3.66. The molecular weight excluding hydrogens is 379 g/mol. The molecule has 0 spiro atoms. The second-order valence-corrected chi connectivity index (χ2v) is 5.77. The molecule has 0 heterocycles. The lowest BCUT2D eigenvalue weighted by atomic mass is 10.1. The van der Waals surface area contributed by atoms with Gasteiger partial charge in [-0.05, 0) is 53.2 Å². The van der Waals surface area contributed by atoms with Crippen LogP contribution in [0.25, 0.3) is 0 Å². The van der Waals surface area contributed by atoms with Crippen molar-refractivity contribution in [3.63, 3.8) is 0 Å². The normalized spacial score (nSPS) is 12.3. The molecule has 0 aliphatic heterocycles. The molecule has 1 N–H and O–H groups in total. The van der Waals surface area contributed by atoms with Crippen molar-refractivity contribution in [1.29, 1.82) is 0 Å². The van der Waals surface area contributed by atoms with E-state index >= 15 is 0 Å². The summed E-state index contributed by atoms with van der Waals surface area (Å²) in [6, 6.07) is 9.87. The lowest BCUT2D eigenvalue weighted by molar-refractivity contribution is 0.190. The second kappa shape index (κ2) is 6.03. The smallest absolute Gasteiger partial charge is 0.141 e. The average Bonchev–Trinajstić information content (AvgIpc) is 2.32. The number of aliphatic hydroxyl groups is 1. The molecular formula is C14H11Br2FO2. The van der Waals surface area contributed by atoms with Gasteiger partial charge in [0.15, 0.2) is 0 Å². The standard InChI is InChI=1S/C14H11Br2FO2/c1-8(18)14-11(17)3-2-4-13(14)19-12-6-5-9(15)7-10(12)16/h2-8,18H,1H3/t8-/m0/s1. The molecule has 0 radical (unpaired) electrons. The average molecular weight is 390 g/mol. The minimum atomic E-state index is -0.939. The Hall–Kier alpha value is -0.910. The van der Waals surface area contributed by atoms with Gasteiger partial charge >= 0.3 is 0 Å². The summed E-state index contributed by atoms with van der Waals surface area (Å²) < 4.78 is 21.0. The van der Waals surface area contributed by atoms with Crippen molar-refractivity contribution >= 4 is 31.9 Å². The van der Waals surface area contributed by atoms with Gasteiger partial charge in [0.1, 0.15) is 17.3 Å². The van der Waals surface area contributed by atoms with Crippen LogP contribution in [0.2, 0.25) is 0 Å². The molecule has 0 amide bonds. The van der Waals surface area contributed by atoms with E-state index in [9.17, 15) is 9.50 Å². The van der Waals surface area contributed by atoms with Crippen molar-refractivity contribution in [2.45, 2.75) is 13.0 Å². The van der Waals surface area contributed by atoms with Gasteiger partial charge < -0.3 is 9.84 Å². The van der Waals surface area contributed by atoms with Gasteiger partial charge in [0.25, 0.3) is 0 Å². The molecule has 0 unspecified atom stereocenters. The Labute approximate surface area is 127 Å². The lowest BCUT2D eigenvalue weighted by Crippen LogP contribution is -2.00. The number of rotatable bonds is 3. The fourth-order valence-corrected chi connectivity index (χ4v) is 2.82. The summed E-state index contributed by atoms with van der Waals surface area (Å²) in [5.41, 5.74) is 0.150. The van der Waals surface area contributed by atoms with E-state index in [-0.39, 0.29) is 5.56 Å². The topological polar surface area (TPSA) is 29.5 Å². The molecule has 0 bridgehead atoms. The number of aliphatic hydroxyl groups excluding tert-OH is 1. The number of ether oxygens (including phenoxy) is 1. The van der Waals surface area contributed by atoms with Crippen molar-refractivity contribution < 1.29 is 14.2 Å². The molecule has 0 saturated heterocycles. The third kappa shape index (κ3) is 3.35. The van der Waals surface area contributed by atoms with Gasteiger partial charge in [-0.1, -0.05) is 22.0 Å². The van der Waals surface area contributed by atoms with Gasteiger partial charge in [-0.3, -0.25) is 0 Å². The molecule has 2 rings (SSSR count). The molecule has 2 aromatic carbocycles. The first-order valence-electron chi connectivity index (χ1n) is 5.58. The highest BCUT2D eigenvalue weighted by molar-refractivity contribution is 9.11. The number of benzene rings is 2. The fourth-order valence-electron chi connectivity index (χ4n) is 1.69. The van der Waals surface area contributed by atoms with Gasteiger partial charge in [0.2, 0.25) is 0 Å². The van der Waals surface area contributed by atoms with E-state index in [2.05, 4.69) is 31.9 Å². The van der Waals surface area contributed by atoms with Gasteiger partial charge in [-0.15, -0.1) is 0 Å². The summed E-state index contributed by atoms with van der Waals surface area (Å²) in [6.45, 7) is 1.50. The van der Waals surface area contributed by atoms with E-state index in [0.29, 0.717) is 11.5 Å². The van der Waals surface area contributed by atoms with Crippen molar-refractivity contribution in [2.75, 3.05) is 0 Å². The summed E-state index contributed by atoms with van der Waals surface area (Å²) in [5, 5.41) is 9.64. The molecule has 1 atom stereocenters. The predicted octanol–water partition coefficient (Wildman–Crippen LogP) is 5.20. The highest BCUT2D eigenvalue weighted by Crippen LogP contribution is 2.36. The Morgan fingerprint density at radius 1 is 1.16 bits per heavy atom. The molecule has 19 heavy (non-hydrogen) atoms. The monoisotopic (exact) mass is 388 g/mol. The summed E-state index contributed by atoms with van der Waals surface area (Å²) in [4.78, 5) is 0. The number of hydrogen-bond acceptors (Lipinski definition) is 2. The van der Waals surface area contributed by atoms with Crippen LogP contribution in [0.15, 0.2) is 45.3 Å². The highest BCUT2D eigenvalue weighted by atomic mass is 79.9. The van der Waals surface area contributed by atoms with Crippen molar-refractivity contribution in [3.8, 4) is 11.5 Å². The largest absolute Gasteiger partial charge is 0.456 e. The molecule has 2 aromatic rings. The zero-order chi connectivity index (χ0) is 14.0. The summed E-state index contributed by atoms with van der Waals surface area (Å²) in [6.07, 6.45) is -0.939. The van der Waals surface area contributed by atoms with Crippen LogP contribution in [-0.2, 0) is 0 Å². The first-order valence-corrected chi connectivity index (χ1v) is 7.17. The van der Waals surface area contributed by atoms with E-state index in [4.69, 9.17) is 4.74 Å². The van der Waals surface area contributed by atoms with Crippen molar-refractivity contribution in [3.05, 3.63) is 56.7 Å². The van der Waals surface area contributed by atoms with Crippen LogP contribution in [0.3, 0.4) is 0 Å². The van der Waals surface area contributed by atoms with Gasteiger partial charge in [-0.2, -0.15) is 0 Å². The van der Waals surface area contributed by atoms with Crippen LogP contribution in [0, 0.1) is 5.82 Å². The SMILES string of the molecule is C[C@H](O)c1c(F)cccc1Oc1ccc(Br)cc1Br. The summed E-state index contributed by atoms with van der Waals surface area (Å²) in [7, 11) is 0. The van der Waals surface area contributed by atoms with Crippen LogP contribution in [0.4, 0.5) is 4.39 Å². The van der Waals surface area contributed by atoms with E-state index in [0.717, 1.165) is 8.95 Å². The molecule has 0 aliphatic carbocycles. The van der Waals surface area contributed by atoms with Crippen LogP contribution in [0.1, 0.15) is 18.6 Å². The van der Waals surface area contributed by atoms with Gasteiger partial charge in [0.05, 0.1) is 16.1 Å². The van der Waals surface area contributed by atoms with E-state index < -0.39 is 11.9 Å². The first-order chi connectivity index (χ1) is 8.99. The molecule has 0 saturated carbocycles. The first kappa shape index (κ1) is 14.5. The van der Waals surface area contributed by atoms with Gasteiger partial charge in [0, 0.05) is 4.47 Å². The Morgan fingerprint density at radius 3 is 2.53 bits per heavy atom. The zero-order valence-electron chi connectivity index (χ0n) is 10.0. The van der Waals surface area contributed by atoms with Crippen molar-refractivity contribution in [2.24, 2.45) is 0 Å².